The molecule has 4 aromatic rings. The summed E-state index contributed by atoms with van der Waals surface area (Å²) >= 11 is 0. The van der Waals surface area contributed by atoms with Gasteiger partial charge in [-0.1, -0.05) is 60.7 Å². The number of aromatic nitrogens is 4. The molecule has 0 spiro atoms. The minimum absolute atomic E-state index is 0.0285. The molecule has 32 heavy (non-hydrogen) atoms. The highest BCUT2D eigenvalue weighted by molar-refractivity contribution is 5.94. The first-order chi connectivity index (χ1) is 15.7. The fourth-order valence-corrected chi connectivity index (χ4v) is 3.40. The van der Waals surface area contributed by atoms with E-state index in [1.54, 1.807) is 28.9 Å². The van der Waals surface area contributed by atoms with Crippen LogP contribution in [0.15, 0.2) is 84.9 Å². The maximum Gasteiger partial charge on any atom is 0.254 e. The minimum Gasteiger partial charge on any atom is -0.486 e. The van der Waals surface area contributed by atoms with Crippen LogP contribution >= 0.6 is 0 Å². The first-order valence-corrected chi connectivity index (χ1v) is 10.6. The molecule has 0 radical (unpaired) electrons. The van der Waals surface area contributed by atoms with Crippen molar-refractivity contribution in [2.24, 2.45) is 0 Å². The number of rotatable bonds is 9. The molecule has 0 saturated carbocycles. The number of hydrogen-bond acceptors (Lipinski definition) is 5. The topological polar surface area (TPSA) is 73.1 Å². The van der Waals surface area contributed by atoms with Gasteiger partial charge in [-0.2, -0.15) is 0 Å². The Morgan fingerprint density at radius 1 is 0.875 bits per heavy atom. The van der Waals surface area contributed by atoms with Crippen molar-refractivity contribution in [1.82, 2.24) is 25.1 Å². The molecule has 0 fully saturated rings. The van der Waals surface area contributed by atoms with Crippen LogP contribution in [0.2, 0.25) is 0 Å². The second-order valence-electron chi connectivity index (χ2n) is 7.36. The van der Waals surface area contributed by atoms with Crippen LogP contribution in [0.3, 0.4) is 0 Å². The summed E-state index contributed by atoms with van der Waals surface area (Å²) < 4.78 is 7.47. The zero-order valence-corrected chi connectivity index (χ0v) is 18.0. The van der Waals surface area contributed by atoms with Crippen LogP contribution in [0.5, 0.6) is 5.75 Å². The summed E-state index contributed by atoms with van der Waals surface area (Å²) in [5, 5.41) is 11.5. The lowest BCUT2D eigenvalue weighted by atomic mass is 10.1. The average Bonchev–Trinajstić information content (AvgIpc) is 3.31. The fourth-order valence-electron chi connectivity index (χ4n) is 3.40. The molecular formula is C25H25N5O2. The number of carbonyl (C=O) groups is 1. The monoisotopic (exact) mass is 427 g/mol. The normalized spacial score (nSPS) is 10.7. The Hall–Kier alpha value is -4.00. The molecule has 0 aliphatic heterocycles. The van der Waals surface area contributed by atoms with E-state index in [0.717, 1.165) is 11.1 Å². The number of aryl methyl sites for hydroxylation is 1. The molecular weight excluding hydrogens is 402 g/mol. The third-order valence-corrected chi connectivity index (χ3v) is 5.09. The van der Waals surface area contributed by atoms with Crippen molar-refractivity contribution in [3.05, 3.63) is 107 Å². The Morgan fingerprint density at radius 2 is 1.47 bits per heavy atom. The van der Waals surface area contributed by atoms with Gasteiger partial charge in [0.1, 0.15) is 12.4 Å². The number of hydrogen-bond donors (Lipinski definition) is 0. The molecule has 0 atom stereocenters. The Bertz CT molecular complexity index is 1090. The number of nitrogens with zero attached hydrogens (tertiary/aromatic N) is 5. The zero-order valence-electron chi connectivity index (χ0n) is 18.0. The molecule has 0 N–H and O–H groups in total. The van der Waals surface area contributed by atoms with Gasteiger partial charge in [0, 0.05) is 25.2 Å². The van der Waals surface area contributed by atoms with Crippen molar-refractivity contribution in [2.45, 2.75) is 33.2 Å². The Balaban J connectivity index is 1.47. The molecule has 0 bridgehead atoms. The number of tetrazole rings is 1. The van der Waals surface area contributed by atoms with Crippen molar-refractivity contribution < 1.29 is 9.53 Å². The maximum atomic E-state index is 13.3. The van der Waals surface area contributed by atoms with Gasteiger partial charge in [0.05, 0.1) is 0 Å². The lowest BCUT2D eigenvalue weighted by Gasteiger charge is -2.23. The van der Waals surface area contributed by atoms with E-state index in [-0.39, 0.29) is 12.5 Å². The summed E-state index contributed by atoms with van der Waals surface area (Å²) in [6.45, 7) is 3.98. The van der Waals surface area contributed by atoms with Crippen LogP contribution in [0.4, 0.5) is 0 Å². The molecule has 7 nitrogen and oxygen atoms in total. The van der Waals surface area contributed by atoms with E-state index in [4.69, 9.17) is 4.74 Å². The predicted octanol–water partition coefficient (Wildman–Crippen LogP) is 4.11. The molecule has 7 heteroatoms. The van der Waals surface area contributed by atoms with Gasteiger partial charge < -0.3 is 9.64 Å². The predicted molar refractivity (Wildman–Crippen MR) is 121 cm³/mol. The highest BCUT2D eigenvalue weighted by Crippen LogP contribution is 2.18. The van der Waals surface area contributed by atoms with E-state index in [1.165, 1.54) is 0 Å². The second-order valence-corrected chi connectivity index (χ2v) is 7.36. The van der Waals surface area contributed by atoms with E-state index in [2.05, 4.69) is 15.5 Å². The number of amides is 1. The van der Waals surface area contributed by atoms with E-state index < -0.39 is 0 Å². The van der Waals surface area contributed by atoms with Gasteiger partial charge in [-0.25, -0.2) is 4.68 Å². The van der Waals surface area contributed by atoms with Crippen LogP contribution in [-0.4, -0.2) is 31.0 Å². The molecule has 0 aliphatic rings. The van der Waals surface area contributed by atoms with Crippen molar-refractivity contribution >= 4 is 5.91 Å². The molecule has 0 aliphatic carbocycles. The van der Waals surface area contributed by atoms with Crippen molar-refractivity contribution in [3.63, 3.8) is 0 Å². The third-order valence-electron chi connectivity index (χ3n) is 5.09. The first-order valence-electron chi connectivity index (χ1n) is 10.6. The van der Waals surface area contributed by atoms with Gasteiger partial charge >= 0.3 is 0 Å². The first kappa shape index (κ1) is 21.2. The van der Waals surface area contributed by atoms with E-state index in [0.29, 0.717) is 36.8 Å². The zero-order chi connectivity index (χ0) is 22.2. The third kappa shape index (κ3) is 5.37. The highest BCUT2D eigenvalue weighted by atomic mass is 16.5. The molecule has 0 saturated heterocycles. The van der Waals surface area contributed by atoms with Gasteiger partial charge in [0.25, 0.3) is 5.91 Å². The van der Waals surface area contributed by atoms with E-state index in [9.17, 15) is 4.79 Å². The van der Waals surface area contributed by atoms with E-state index >= 15 is 0 Å². The number of ether oxygens (including phenoxy) is 1. The molecule has 4 rings (SSSR count). The second kappa shape index (κ2) is 10.3. The molecule has 1 heterocycles. The smallest absolute Gasteiger partial charge is 0.254 e. The largest absolute Gasteiger partial charge is 0.486 e. The van der Waals surface area contributed by atoms with Crippen LogP contribution in [-0.2, 0) is 26.2 Å². The van der Waals surface area contributed by atoms with Gasteiger partial charge in [0.2, 0.25) is 0 Å². The van der Waals surface area contributed by atoms with Crippen molar-refractivity contribution in [1.29, 1.82) is 0 Å². The SMILES string of the molecule is CCn1nnnc1COc1ccc(C(=O)N(Cc2ccccc2)Cc2ccccc2)cc1. The van der Waals surface area contributed by atoms with Crippen LogP contribution in [0, 0.1) is 0 Å². The lowest BCUT2D eigenvalue weighted by molar-refractivity contribution is 0.0730. The summed E-state index contributed by atoms with van der Waals surface area (Å²) in [6.07, 6.45) is 0. The number of benzene rings is 3. The maximum absolute atomic E-state index is 13.3. The molecule has 0 unspecified atom stereocenters. The quantitative estimate of drug-likeness (QED) is 0.402. The molecule has 3 aromatic carbocycles. The van der Waals surface area contributed by atoms with Crippen LogP contribution in [0.25, 0.3) is 0 Å². The molecule has 1 amide bonds. The average molecular weight is 428 g/mol. The summed E-state index contributed by atoms with van der Waals surface area (Å²) in [5.74, 6) is 1.29. The number of carbonyl (C=O) groups excluding carboxylic acids is 1. The van der Waals surface area contributed by atoms with Gasteiger partial charge in [-0.3, -0.25) is 4.79 Å². The Morgan fingerprint density at radius 3 is 2.03 bits per heavy atom. The summed E-state index contributed by atoms with van der Waals surface area (Å²) in [5.41, 5.74) is 2.79. The summed E-state index contributed by atoms with van der Waals surface area (Å²) in [4.78, 5) is 15.2. The van der Waals surface area contributed by atoms with Gasteiger partial charge in [-0.05, 0) is 52.7 Å². The fraction of sp³-hybridized carbons (Fsp3) is 0.200. The van der Waals surface area contributed by atoms with E-state index in [1.807, 2.05) is 72.5 Å². The van der Waals surface area contributed by atoms with Crippen LogP contribution in [0.1, 0.15) is 34.2 Å². The molecule has 1 aromatic heterocycles. The van der Waals surface area contributed by atoms with Gasteiger partial charge in [-0.15, -0.1) is 5.10 Å². The minimum atomic E-state index is -0.0285. The van der Waals surface area contributed by atoms with Crippen molar-refractivity contribution in [2.75, 3.05) is 0 Å². The summed E-state index contributed by atoms with van der Waals surface area (Å²) in [7, 11) is 0. The Labute approximate surface area is 187 Å². The van der Waals surface area contributed by atoms with Gasteiger partial charge in [0.15, 0.2) is 5.82 Å². The van der Waals surface area contributed by atoms with Crippen LogP contribution < -0.4 is 4.74 Å². The summed E-state index contributed by atoms with van der Waals surface area (Å²) in [6, 6.07) is 27.2. The Kier molecular flexibility index (Phi) is 6.87. The standard InChI is InChI=1S/C25H25N5O2/c1-2-30-24(26-27-28-30)19-32-23-15-13-22(14-16-23)25(31)29(17-20-9-5-3-6-10-20)18-21-11-7-4-8-12-21/h3-16H,2,17-19H2,1H3. The highest BCUT2D eigenvalue weighted by Gasteiger charge is 2.17. The lowest BCUT2D eigenvalue weighted by Crippen LogP contribution is -2.30. The van der Waals surface area contributed by atoms with Crippen molar-refractivity contribution in [3.8, 4) is 5.75 Å². The molecule has 162 valence electrons.